The van der Waals surface area contributed by atoms with Crippen LogP contribution in [0.2, 0.25) is 0 Å². The lowest BCUT2D eigenvalue weighted by Gasteiger charge is -1.48. The minimum absolute atomic E-state index is 0. The van der Waals surface area contributed by atoms with Crippen LogP contribution in [-0.4, -0.2) is 13.0 Å². The van der Waals surface area contributed by atoms with E-state index in [1.165, 1.54) is 11.1 Å². The summed E-state index contributed by atoms with van der Waals surface area (Å²) < 4.78 is 24.2. The topological polar surface area (TPSA) is 89.4 Å². The predicted octanol–water partition coefficient (Wildman–Crippen LogP) is 0.900. The standard InChI is InChI=1S/C6H4.H3N.H2O3S/c1-2-5-4-6(5)3-1;;1-4(2)3/h1-4H;1H3;4H,(H,1,2,3). The molecule has 0 atom stereocenters. The number of rotatable bonds is 0. The van der Waals surface area contributed by atoms with Gasteiger partial charge in [0.2, 0.25) is 0 Å². The van der Waals surface area contributed by atoms with Crippen LogP contribution >= 0.6 is 0 Å². The van der Waals surface area contributed by atoms with Crippen LogP contribution in [0.3, 0.4) is 0 Å². The Morgan fingerprint density at radius 3 is 1.64 bits per heavy atom. The molecule has 0 aliphatic heterocycles. The lowest BCUT2D eigenvalue weighted by molar-refractivity contribution is 0.509. The largest absolute Gasteiger partial charge is 0.344 e. The zero-order chi connectivity index (χ0) is 7.56. The van der Waals surface area contributed by atoms with Gasteiger partial charge in [-0.2, -0.15) is 0 Å². The molecule has 0 heterocycles. The third-order valence-corrected chi connectivity index (χ3v) is 1.11. The highest BCUT2D eigenvalue weighted by Gasteiger charge is 2.06. The van der Waals surface area contributed by atoms with Crippen LogP contribution in [0.15, 0.2) is 24.3 Å². The molecular formula is C6H9NO3S. The van der Waals surface area contributed by atoms with Gasteiger partial charge in [-0.1, -0.05) is 18.2 Å². The van der Waals surface area contributed by atoms with Crippen LogP contribution in [0, 0.1) is 0 Å². The van der Waals surface area contributed by atoms with Crippen LogP contribution in [0.1, 0.15) is 0 Å². The summed E-state index contributed by atoms with van der Waals surface area (Å²) in [6.45, 7) is 0. The first-order chi connectivity index (χ1) is 4.70. The summed E-state index contributed by atoms with van der Waals surface area (Å²) in [5.74, 6) is 0. The van der Waals surface area contributed by atoms with Crippen LogP contribution in [0.5, 0.6) is 0 Å². The van der Waals surface area contributed by atoms with Crippen molar-refractivity contribution in [2.45, 2.75) is 0 Å². The smallest absolute Gasteiger partial charge is 0.254 e. The van der Waals surface area contributed by atoms with Crippen molar-refractivity contribution >= 4 is 11.0 Å². The molecule has 0 aromatic carbocycles. The van der Waals surface area contributed by atoms with E-state index >= 15 is 0 Å². The quantitative estimate of drug-likeness (QED) is 0.410. The van der Waals surface area contributed by atoms with Gasteiger partial charge in [-0.05, 0) is 17.2 Å². The maximum Gasteiger partial charge on any atom is 0.254 e. The van der Waals surface area contributed by atoms with E-state index in [4.69, 9.17) is 13.0 Å². The van der Waals surface area contributed by atoms with Gasteiger partial charge in [-0.3, -0.25) is 4.55 Å². The lowest BCUT2D eigenvalue weighted by atomic mass is 10.6. The second kappa shape index (κ2) is 4.07. The molecule has 2 aliphatic carbocycles. The van der Waals surface area contributed by atoms with E-state index in [1.807, 2.05) is 0 Å². The summed E-state index contributed by atoms with van der Waals surface area (Å²) in [6.07, 6.45) is 0. The van der Waals surface area contributed by atoms with Crippen molar-refractivity contribution in [2.24, 2.45) is 0 Å². The van der Waals surface area contributed by atoms with E-state index in [-0.39, 0.29) is 6.15 Å². The van der Waals surface area contributed by atoms with Gasteiger partial charge in [0.05, 0.1) is 0 Å². The van der Waals surface area contributed by atoms with E-state index < -0.39 is 11.0 Å². The molecule has 0 aromatic rings. The molecule has 0 amide bonds. The third-order valence-electron chi connectivity index (χ3n) is 1.11. The Morgan fingerprint density at radius 2 is 1.55 bits per heavy atom. The van der Waals surface area contributed by atoms with E-state index in [0.717, 1.165) is 0 Å². The van der Waals surface area contributed by atoms with E-state index in [2.05, 4.69) is 24.3 Å². The molecule has 5 heteroatoms. The van der Waals surface area contributed by atoms with Crippen molar-refractivity contribution in [1.29, 1.82) is 0 Å². The molecule has 0 saturated carbocycles. The zero-order valence-corrected chi connectivity index (χ0v) is 6.62. The minimum Gasteiger partial charge on any atom is -0.344 e. The van der Waals surface area contributed by atoms with Gasteiger partial charge in [-0.15, -0.1) is 0 Å². The second-order valence-corrected chi connectivity index (χ2v) is 2.29. The average Bonchev–Trinajstić information content (AvgIpc) is 2.40. The van der Waals surface area contributed by atoms with Crippen molar-refractivity contribution in [1.82, 2.24) is 6.15 Å². The van der Waals surface area contributed by atoms with Crippen molar-refractivity contribution in [3.8, 4) is 11.1 Å². The first-order valence-corrected chi connectivity index (χ1v) is 3.77. The number of hydrogen-bond donors (Lipinski definition) is 3. The van der Waals surface area contributed by atoms with Crippen LogP contribution < -0.4 is 6.15 Å². The predicted molar refractivity (Wildman–Crippen MR) is 43.4 cm³/mol. The molecule has 0 bridgehead atoms. The SMILES string of the molecule is N.O=[SH](=O)O.c1cc2cc-2c1. The van der Waals surface area contributed by atoms with E-state index in [0.29, 0.717) is 0 Å². The molecule has 11 heavy (non-hydrogen) atoms. The molecule has 0 spiro atoms. The Morgan fingerprint density at radius 1 is 1.18 bits per heavy atom. The summed E-state index contributed by atoms with van der Waals surface area (Å²) in [4.78, 5) is 0. The number of benzene rings is 1. The summed E-state index contributed by atoms with van der Waals surface area (Å²) in [5, 5.41) is 0. The zero-order valence-electron chi connectivity index (χ0n) is 5.73. The highest BCUT2D eigenvalue weighted by atomic mass is 32.2. The molecule has 4 N–H and O–H groups in total. The molecular weight excluding hydrogens is 166 g/mol. The summed E-state index contributed by atoms with van der Waals surface area (Å²) in [7, 11) is -3.12. The minimum atomic E-state index is -3.12. The maximum atomic E-state index is 8.59. The normalized spacial score (nSPS) is 9.27. The molecule has 2 rings (SSSR count). The first-order valence-electron chi connectivity index (χ1n) is 2.64. The van der Waals surface area contributed by atoms with Gasteiger partial charge in [0, 0.05) is 0 Å². The Balaban J connectivity index is 0.000000183. The summed E-state index contributed by atoms with van der Waals surface area (Å²) in [6, 6.07) is 8.48. The van der Waals surface area contributed by atoms with Crippen molar-refractivity contribution in [3.05, 3.63) is 24.3 Å². The fourth-order valence-electron chi connectivity index (χ4n) is 0.676. The van der Waals surface area contributed by atoms with Crippen molar-refractivity contribution in [2.75, 3.05) is 0 Å². The second-order valence-electron chi connectivity index (χ2n) is 1.82. The Kier molecular flexibility index (Phi) is 3.73. The Bertz CT molecular complexity index is 283. The van der Waals surface area contributed by atoms with Crippen molar-refractivity contribution in [3.63, 3.8) is 0 Å². The molecule has 0 aromatic heterocycles. The van der Waals surface area contributed by atoms with Gasteiger partial charge in [0.1, 0.15) is 0 Å². The van der Waals surface area contributed by atoms with Gasteiger partial charge in [0.25, 0.3) is 11.0 Å². The number of fused-ring (bicyclic) bond motifs is 1. The molecule has 4 nitrogen and oxygen atoms in total. The Labute approximate surface area is 66.2 Å². The van der Waals surface area contributed by atoms with Crippen LogP contribution in [0.4, 0.5) is 0 Å². The molecule has 0 unspecified atom stereocenters. The van der Waals surface area contributed by atoms with Gasteiger partial charge in [-0.25, -0.2) is 8.42 Å². The first kappa shape index (κ1) is 10.1. The van der Waals surface area contributed by atoms with Gasteiger partial charge >= 0.3 is 0 Å². The molecule has 0 fully saturated rings. The number of hydrogen-bond acceptors (Lipinski definition) is 3. The van der Waals surface area contributed by atoms with E-state index in [1.54, 1.807) is 0 Å². The fourth-order valence-corrected chi connectivity index (χ4v) is 0.676. The van der Waals surface area contributed by atoms with E-state index in [9.17, 15) is 0 Å². The van der Waals surface area contributed by atoms with Gasteiger partial charge < -0.3 is 6.15 Å². The molecule has 2 aliphatic rings. The maximum absolute atomic E-state index is 8.59. The summed E-state index contributed by atoms with van der Waals surface area (Å²) >= 11 is 0. The van der Waals surface area contributed by atoms with Gasteiger partial charge in [0.15, 0.2) is 0 Å². The third kappa shape index (κ3) is 3.72. The van der Waals surface area contributed by atoms with Crippen molar-refractivity contribution < 1.29 is 13.0 Å². The monoisotopic (exact) mass is 175 g/mol. The Hall–Kier alpha value is -0.910. The lowest BCUT2D eigenvalue weighted by Crippen LogP contribution is -1.58. The highest BCUT2D eigenvalue weighted by molar-refractivity contribution is 7.66. The number of thiol groups is 1. The average molecular weight is 175 g/mol. The van der Waals surface area contributed by atoms with Crippen LogP contribution in [0.25, 0.3) is 11.1 Å². The highest BCUT2D eigenvalue weighted by Crippen LogP contribution is 2.32. The van der Waals surface area contributed by atoms with Crippen LogP contribution in [-0.2, 0) is 11.0 Å². The fraction of sp³-hybridized carbons (Fsp3) is 0. The molecule has 0 saturated heterocycles. The molecule has 62 valence electrons. The summed E-state index contributed by atoms with van der Waals surface area (Å²) in [5.41, 5.74) is 2.85. The molecule has 0 radical (unpaired) electrons.